The van der Waals surface area contributed by atoms with Gasteiger partial charge in [-0.2, -0.15) is 0 Å². The number of nitrogens with zero attached hydrogens (tertiary/aromatic N) is 1. The molecule has 2 fully saturated rings. The van der Waals surface area contributed by atoms with Crippen LogP contribution < -0.4 is 10.5 Å². The fraction of sp³-hybridized carbons (Fsp3) is 0.600. The monoisotopic (exact) mass is 292 g/mol. The van der Waals surface area contributed by atoms with Gasteiger partial charge in [-0.15, -0.1) is 0 Å². The number of nitro benzene ring substituents is 1. The van der Waals surface area contributed by atoms with E-state index < -0.39 is 10.5 Å². The third-order valence-electron chi connectivity index (χ3n) is 4.45. The van der Waals surface area contributed by atoms with Gasteiger partial charge in [0.05, 0.1) is 18.1 Å². The summed E-state index contributed by atoms with van der Waals surface area (Å²) in [6, 6.07) is 5.05. The SMILES string of the molecule is COc1ccc(CC2(N)CCOC2C2CC2)cc1[N+](=O)[O-]. The molecule has 0 bridgehead atoms. The van der Waals surface area contributed by atoms with Crippen molar-refractivity contribution >= 4 is 5.69 Å². The molecule has 1 aliphatic heterocycles. The van der Waals surface area contributed by atoms with Crippen LogP contribution in [0, 0.1) is 16.0 Å². The third-order valence-corrected chi connectivity index (χ3v) is 4.45. The van der Waals surface area contributed by atoms with Crippen molar-refractivity contribution in [2.45, 2.75) is 37.3 Å². The van der Waals surface area contributed by atoms with E-state index in [1.165, 1.54) is 20.0 Å². The molecule has 1 aromatic carbocycles. The number of nitrogens with two attached hydrogens (primary N) is 1. The van der Waals surface area contributed by atoms with Crippen LogP contribution in [-0.4, -0.2) is 30.3 Å². The Kier molecular flexibility index (Phi) is 3.59. The smallest absolute Gasteiger partial charge is 0.311 e. The summed E-state index contributed by atoms with van der Waals surface area (Å²) in [6.07, 6.45) is 3.82. The first-order chi connectivity index (χ1) is 10.0. The predicted octanol–water partition coefficient (Wildman–Crippen LogP) is 2.04. The molecule has 1 saturated carbocycles. The lowest BCUT2D eigenvalue weighted by Gasteiger charge is -2.30. The third kappa shape index (κ3) is 2.73. The predicted molar refractivity (Wildman–Crippen MR) is 77.4 cm³/mol. The average molecular weight is 292 g/mol. The van der Waals surface area contributed by atoms with E-state index in [9.17, 15) is 10.1 Å². The zero-order chi connectivity index (χ0) is 15.0. The Labute approximate surface area is 123 Å². The zero-order valence-electron chi connectivity index (χ0n) is 12.1. The number of rotatable bonds is 5. The van der Waals surface area contributed by atoms with Gasteiger partial charge in [-0.1, -0.05) is 6.07 Å². The molecule has 21 heavy (non-hydrogen) atoms. The van der Waals surface area contributed by atoms with Crippen LogP contribution in [0.1, 0.15) is 24.8 Å². The molecule has 2 atom stereocenters. The molecule has 1 aromatic rings. The second kappa shape index (κ2) is 5.27. The van der Waals surface area contributed by atoms with E-state index in [-0.39, 0.29) is 17.5 Å². The van der Waals surface area contributed by atoms with Crippen molar-refractivity contribution in [3.63, 3.8) is 0 Å². The molecule has 1 saturated heterocycles. The first-order valence-electron chi connectivity index (χ1n) is 7.25. The van der Waals surface area contributed by atoms with Crippen LogP contribution in [0.5, 0.6) is 5.75 Å². The standard InChI is InChI=1S/C15H20N2O4/c1-20-13-5-2-10(8-12(13)17(18)19)9-15(16)6-7-21-14(15)11-3-4-11/h2,5,8,11,14H,3-4,6-7,9,16H2,1H3. The van der Waals surface area contributed by atoms with Gasteiger partial charge in [0.15, 0.2) is 5.75 Å². The van der Waals surface area contributed by atoms with Gasteiger partial charge in [0.25, 0.3) is 0 Å². The lowest BCUT2D eigenvalue weighted by molar-refractivity contribution is -0.385. The first kappa shape index (κ1) is 14.3. The second-order valence-corrected chi connectivity index (χ2v) is 6.05. The average Bonchev–Trinajstić information content (AvgIpc) is 3.22. The number of benzene rings is 1. The summed E-state index contributed by atoms with van der Waals surface area (Å²) in [4.78, 5) is 10.7. The van der Waals surface area contributed by atoms with Crippen LogP contribution in [0.3, 0.4) is 0 Å². The number of methoxy groups -OCH3 is 1. The highest BCUT2D eigenvalue weighted by Gasteiger charge is 2.48. The molecule has 2 aliphatic rings. The van der Waals surface area contributed by atoms with Crippen LogP contribution >= 0.6 is 0 Å². The molecule has 3 rings (SSSR count). The van der Waals surface area contributed by atoms with Crippen LogP contribution in [0.4, 0.5) is 5.69 Å². The Morgan fingerprint density at radius 2 is 2.29 bits per heavy atom. The molecule has 6 heteroatoms. The zero-order valence-corrected chi connectivity index (χ0v) is 12.1. The van der Waals surface area contributed by atoms with E-state index in [1.807, 2.05) is 6.07 Å². The van der Waals surface area contributed by atoms with E-state index in [0.29, 0.717) is 18.9 Å². The van der Waals surface area contributed by atoms with Crippen molar-refractivity contribution in [1.29, 1.82) is 0 Å². The van der Waals surface area contributed by atoms with Crippen molar-refractivity contribution in [1.82, 2.24) is 0 Å². The van der Waals surface area contributed by atoms with Gasteiger partial charge in [0.1, 0.15) is 0 Å². The van der Waals surface area contributed by atoms with E-state index in [2.05, 4.69) is 0 Å². The summed E-state index contributed by atoms with van der Waals surface area (Å²) in [5.41, 5.74) is 6.98. The maximum Gasteiger partial charge on any atom is 0.311 e. The van der Waals surface area contributed by atoms with Gasteiger partial charge >= 0.3 is 5.69 Å². The van der Waals surface area contributed by atoms with Crippen molar-refractivity contribution in [3.05, 3.63) is 33.9 Å². The minimum Gasteiger partial charge on any atom is -0.490 e. The molecule has 0 amide bonds. The van der Waals surface area contributed by atoms with Crippen molar-refractivity contribution in [2.75, 3.05) is 13.7 Å². The highest BCUT2D eigenvalue weighted by atomic mass is 16.6. The van der Waals surface area contributed by atoms with Crippen LogP contribution in [0.2, 0.25) is 0 Å². The van der Waals surface area contributed by atoms with Crippen molar-refractivity contribution in [2.24, 2.45) is 11.7 Å². The lowest BCUT2D eigenvalue weighted by atomic mass is 9.83. The highest BCUT2D eigenvalue weighted by molar-refractivity contribution is 5.49. The van der Waals surface area contributed by atoms with Crippen molar-refractivity contribution in [3.8, 4) is 5.75 Å². The molecule has 0 spiro atoms. The van der Waals surface area contributed by atoms with E-state index in [4.69, 9.17) is 15.2 Å². The maximum absolute atomic E-state index is 11.1. The second-order valence-electron chi connectivity index (χ2n) is 6.05. The highest BCUT2D eigenvalue weighted by Crippen LogP contribution is 2.43. The molecular weight excluding hydrogens is 272 g/mol. The molecule has 114 valence electrons. The lowest BCUT2D eigenvalue weighted by Crippen LogP contribution is -2.50. The minimum absolute atomic E-state index is 0.0134. The number of hydrogen-bond acceptors (Lipinski definition) is 5. The van der Waals surface area contributed by atoms with Crippen LogP contribution in [0.25, 0.3) is 0 Å². The Hall–Kier alpha value is -1.66. The minimum atomic E-state index is -0.422. The van der Waals surface area contributed by atoms with Crippen LogP contribution in [0.15, 0.2) is 18.2 Å². The fourth-order valence-electron chi connectivity index (χ4n) is 3.25. The van der Waals surface area contributed by atoms with Gasteiger partial charge in [0, 0.05) is 18.2 Å². The number of ether oxygens (including phenoxy) is 2. The summed E-state index contributed by atoms with van der Waals surface area (Å²) >= 11 is 0. The van der Waals surface area contributed by atoms with Gasteiger partial charge in [-0.3, -0.25) is 10.1 Å². The Balaban J connectivity index is 1.84. The normalized spacial score (nSPS) is 28.6. The van der Waals surface area contributed by atoms with E-state index >= 15 is 0 Å². The molecule has 2 N–H and O–H groups in total. The summed E-state index contributed by atoms with van der Waals surface area (Å²) in [7, 11) is 1.43. The summed E-state index contributed by atoms with van der Waals surface area (Å²) in [6.45, 7) is 0.677. The van der Waals surface area contributed by atoms with Gasteiger partial charge in [0.2, 0.25) is 0 Å². The molecule has 1 heterocycles. The summed E-state index contributed by atoms with van der Waals surface area (Å²) < 4.78 is 10.8. The summed E-state index contributed by atoms with van der Waals surface area (Å²) in [5.74, 6) is 0.835. The molecule has 6 nitrogen and oxygen atoms in total. The number of hydrogen-bond donors (Lipinski definition) is 1. The van der Waals surface area contributed by atoms with Crippen molar-refractivity contribution < 1.29 is 14.4 Å². The Bertz CT molecular complexity index is 559. The Morgan fingerprint density at radius 1 is 1.52 bits per heavy atom. The summed E-state index contributed by atoms with van der Waals surface area (Å²) in [5, 5.41) is 11.1. The van der Waals surface area contributed by atoms with Gasteiger partial charge in [-0.05, 0) is 43.2 Å². The molecule has 1 aliphatic carbocycles. The fourth-order valence-corrected chi connectivity index (χ4v) is 3.25. The topological polar surface area (TPSA) is 87.6 Å². The molecular formula is C15H20N2O4. The van der Waals surface area contributed by atoms with Crippen LogP contribution in [-0.2, 0) is 11.2 Å². The Morgan fingerprint density at radius 3 is 2.90 bits per heavy atom. The molecule has 2 unspecified atom stereocenters. The largest absolute Gasteiger partial charge is 0.490 e. The van der Waals surface area contributed by atoms with E-state index in [1.54, 1.807) is 12.1 Å². The van der Waals surface area contributed by atoms with Gasteiger partial charge in [-0.25, -0.2) is 0 Å². The van der Waals surface area contributed by atoms with E-state index in [0.717, 1.165) is 12.0 Å². The maximum atomic E-state index is 11.1. The first-order valence-corrected chi connectivity index (χ1v) is 7.25. The molecule has 0 aromatic heterocycles. The quantitative estimate of drug-likeness (QED) is 0.663. The number of nitro groups is 1. The molecule has 0 radical (unpaired) electrons. The van der Waals surface area contributed by atoms with Gasteiger partial charge < -0.3 is 15.2 Å².